The van der Waals surface area contributed by atoms with Crippen LogP contribution in [0, 0.1) is 11.3 Å². The molecule has 0 aliphatic rings. The van der Waals surface area contributed by atoms with Crippen LogP contribution in [-0.2, 0) is 16.1 Å². The van der Waals surface area contributed by atoms with Crippen molar-refractivity contribution in [2.24, 2.45) is 0 Å². The monoisotopic (exact) mass is 414 g/mol. The van der Waals surface area contributed by atoms with Crippen LogP contribution < -0.4 is 9.47 Å². The summed E-state index contributed by atoms with van der Waals surface area (Å²) in [6.45, 7) is 2.38. The van der Waals surface area contributed by atoms with Gasteiger partial charge >= 0.3 is 5.97 Å². The highest BCUT2D eigenvalue weighted by Gasteiger charge is 2.08. The van der Waals surface area contributed by atoms with E-state index in [9.17, 15) is 4.79 Å². The summed E-state index contributed by atoms with van der Waals surface area (Å²) in [5.74, 6) is 0.830. The topological polar surface area (TPSA) is 81.4 Å². The molecule has 2 aromatic carbocycles. The van der Waals surface area contributed by atoms with Crippen molar-refractivity contribution < 1.29 is 19.0 Å². The number of hydrogen-bond donors (Lipinski definition) is 0. The van der Waals surface area contributed by atoms with E-state index in [1.807, 2.05) is 36.4 Å². The Balaban J connectivity index is 1.43. The van der Waals surface area contributed by atoms with Crippen molar-refractivity contribution in [3.8, 4) is 17.6 Å². The van der Waals surface area contributed by atoms with Gasteiger partial charge < -0.3 is 14.2 Å². The molecule has 0 saturated heterocycles. The second kappa shape index (κ2) is 11.2. The van der Waals surface area contributed by atoms with E-state index in [1.54, 1.807) is 49.7 Å². The van der Waals surface area contributed by atoms with E-state index in [1.165, 1.54) is 6.08 Å². The predicted molar refractivity (Wildman–Crippen MR) is 116 cm³/mol. The molecular formula is C25H22N2O4. The van der Waals surface area contributed by atoms with Crippen LogP contribution in [0.15, 0.2) is 79.1 Å². The molecule has 0 amide bonds. The number of nitriles is 1. The van der Waals surface area contributed by atoms with Gasteiger partial charge in [-0.15, -0.1) is 0 Å². The third-order valence-electron chi connectivity index (χ3n) is 4.19. The number of nitrogens with zero attached hydrogens (tertiary/aromatic N) is 2. The van der Waals surface area contributed by atoms with Gasteiger partial charge in [0.15, 0.2) is 0 Å². The predicted octanol–water partition coefficient (Wildman–Crippen LogP) is 4.56. The van der Waals surface area contributed by atoms with Crippen molar-refractivity contribution in [1.29, 1.82) is 5.26 Å². The Hall–Kier alpha value is -4.11. The zero-order chi connectivity index (χ0) is 21.9. The zero-order valence-electron chi connectivity index (χ0n) is 17.1. The number of rotatable bonds is 9. The molecule has 3 aromatic rings. The second-order valence-corrected chi connectivity index (χ2v) is 6.75. The van der Waals surface area contributed by atoms with Crippen LogP contribution >= 0.6 is 0 Å². The fourth-order valence-electron chi connectivity index (χ4n) is 2.63. The van der Waals surface area contributed by atoms with Gasteiger partial charge in [-0.1, -0.05) is 24.3 Å². The van der Waals surface area contributed by atoms with E-state index in [2.05, 4.69) is 11.1 Å². The van der Waals surface area contributed by atoms with E-state index in [0.29, 0.717) is 17.9 Å². The summed E-state index contributed by atoms with van der Waals surface area (Å²) in [6.07, 6.45) is 6.09. The lowest BCUT2D eigenvalue weighted by molar-refractivity contribution is -0.143. The van der Waals surface area contributed by atoms with Crippen LogP contribution in [0.3, 0.4) is 0 Å². The van der Waals surface area contributed by atoms with Gasteiger partial charge in [-0.05, 0) is 55.0 Å². The van der Waals surface area contributed by atoms with Crippen molar-refractivity contribution in [3.63, 3.8) is 0 Å². The molecule has 0 bridgehead atoms. The van der Waals surface area contributed by atoms with E-state index < -0.39 is 12.1 Å². The minimum Gasteiger partial charge on any atom is -0.490 e. The van der Waals surface area contributed by atoms with E-state index >= 15 is 0 Å². The highest BCUT2D eigenvalue weighted by Crippen LogP contribution is 2.15. The summed E-state index contributed by atoms with van der Waals surface area (Å²) in [6, 6.07) is 20.1. The van der Waals surface area contributed by atoms with Crippen LogP contribution in [-0.4, -0.2) is 23.7 Å². The summed E-state index contributed by atoms with van der Waals surface area (Å²) in [4.78, 5) is 16.1. The number of esters is 1. The second-order valence-electron chi connectivity index (χ2n) is 6.75. The van der Waals surface area contributed by atoms with Gasteiger partial charge in [0.1, 0.15) is 30.8 Å². The van der Waals surface area contributed by atoms with Crippen LogP contribution in [0.4, 0.5) is 0 Å². The summed E-state index contributed by atoms with van der Waals surface area (Å²) in [7, 11) is 0. The lowest BCUT2D eigenvalue weighted by atomic mass is 10.2. The number of hydrogen-bond acceptors (Lipinski definition) is 6. The number of aromatic nitrogens is 1. The van der Waals surface area contributed by atoms with E-state index in [0.717, 1.165) is 16.9 Å². The minimum atomic E-state index is -0.459. The summed E-state index contributed by atoms with van der Waals surface area (Å²) in [5, 5.41) is 8.91. The Kier molecular flexibility index (Phi) is 7.78. The Morgan fingerprint density at radius 2 is 1.94 bits per heavy atom. The maximum atomic E-state index is 12.0. The standard InChI is InChI=1S/C25H22N2O4/c1-19(17-29-24-6-2-4-21(14-24)15-26)31-25(28)12-9-20-7-10-23(11-8-20)30-18-22-5-3-13-27-16-22/h2-14,16,19H,17-18H2,1H3/b12-9+. The molecule has 1 unspecified atom stereocenters. The lowest BCUT2D eigenvalue weighted by Crippen LogP contribution is -2.20. The molecule has 0 radical (unpaired) electrons. The van der Waals surface area contributed by atoms with Crippen LogP contribution in [0.25, 0.3) is 6.08 Å². The smallest absolute Gasteiger partial charge is 0.331 e. The number of ether oxygens (including phenoxy) is 3. The van der Waals surface area contributed by atoms with Crippen LogP contribution in [0.5, 0.6) is 11.5 Å². The van der Waals surface area contributed by atoms with Gasteiger partial charge in [-0.2, -0.15) is 5.26 Å². The summed E-state index contributed by atoms with van der Waals surface area (Å²) >= 11 is 0. The highest BCUT2D eigenvalue weighted by molar-refractivity contribution is 5.87. The Morgan fingerprint density at radius 3 is 2.68 bits per heavy atom. The first-order valence-corrected chi connectivity index (χ1v) is 9.76. The van der Waals surface area contributed by atoms with Crippen molar-refractivity contribution in [2.45, 2.75) is 19.6 Å². The molecule has 1 aromatic heterocycles. The maximum Gasteiger partial charge on any atom is 0.331 e. The molecule has 0 spiro atoms. The normalized spacial score (nSPS) is 11.5. The third-order valence-corrected chi connectivity index (χ3v) is 4.19. The van der Waals surface area contributed by atoms with Crippen molar-refractivity contribution in [3.05, 3.63) is 95.8 Å². The third kappa shape index (κ3) is 7.33. The van der Waals surface area contributed by atoms with Gasteiger partial charge in [0, 0.05) is 24.0 Å². The van der Waals surface area contributed by atoms with Crippen LogP contribution in [0.1, 0.15) is 23.6 Å². The molecule has 0 N–H and O–H groups in total. The summed E-state index contributed by atoms with van der Waals surface area (Å²) < 4.78 is 16.6. The van der Waals surface area contributed by atoms with Gasteiger partial charge in [-0.25, -0.2) is 4.79 Å². The summed E-state index contributed by atoms with van der Waals surface area (Å²) in [5.41, 5.74) is 2.35. The Labute approximate surface area is 181 Å². The van der Waals surface area contributed by atoms with Gasteiger partial charge in [0.05, 0.1) is 11.6 Å². The largest absolute Gasteiger partial charge is 0.490 e. The molecule has 31 heavy (non-hydrogen) atoms. The highest BCUT2D eigenvalue weighted by atomic mass is 16.6. The number of pyridine rings is 1. The fourth-order valence-corrected chi connectivity index (χ4v) is 2.63. The fraction of sp³-hybridized carbons (Fsp3) is 0.160. The molecular weight excluding hydrogens is 392 g/mol. The minimum absolute atomic E-state index is 0.192. The van der Waals surface area contributed by atoms with Gasteiger partial charge in [-0.3, -0.25) is 4.98 Å². The quantitative estimate of drug-likeness (QED) is 0.377. The zero-order valence-corrected chi connectivity index (χ0v) is 17.1. The lowest BCUT2D eigenvalue weighted by Gasteiger charge is -2.13. The Bertz CT molecular complexity index is 1060. The molecule has 0 aliphatic carbocycles. The van der Waals surface area contributed by atoms with Crippen molar-refractivity contribution in [1.82, 2.24) is 4.98 Å². The molecule has 0 fully saturated rings. The molecule has 3 rings (SSSR count). The van der Waals surface area contributed by atoms with Crippen LogP contribution in [0.2, 0.25) is 0 Å². The first-order chi connectivity index (χ1) is 15.1. The number of carbonyl (C=O) groups excluding carboxylic acids is 1. The maximum absolute atomic E-state index is 12.0. The molecule has 0 aliphatic heterocycles. The average molecular weight is 414 g/mol. The van der Waals surface area contributed by atoms with E-state index in [4.69, 9.17) is 19.5 Å². The number of carbonyl (C=O) groups is 1. The first kappa shape index (κ1) is 21.6. The van der Waals surface area contributed by atoms with Gasteiger partial charge in [0.2, 0.25) is 0 Å². The molecule has 0 saturated carbocycles. The Morgan fingerprint density at radius 1 is 1.10 bits per heavy atom. The molecule has 6 heteroatoms. The SMILES string of the molecule is CC(COc1cccc(C#N)c1)OC(=O)/C=C/c1ccc(OCc2cccnc2)cc1. The molecule has 1 heterocycles. The first-order valence-electron chi connectivity index (χ1n) is 9.76. The van der Waals surface area contributed by atoms with Crippen molar-refractivity contribution >= 4 is 12.0 Å². The molecule has 6 nitrogen and oxygen atoms in total. The molecule has 1 atom stereocenters. The van der Waals surface area contributed by atoms with Crippen molar-refractivity contribution in [2.75, 3.05) is 6.61 Å². The molecule has 156 valence electrons. The number of benzene rings is 2. The van der Waals surface area contributed by atoms with E-state index in [-0.39, 0.29) is 6.61 Å². The average Bonchev–Trinajstić information content (AvgIpc) is 2.81. The van der Waals surface area contributed by atoms with Gasteiger partial charge in [0.25, 0.3) is 0 Å².